The van der Waals surface area contributed by atoms with E-state index in [2.05, 4.69) is 35.7 Å². The number of benzene rings is 1. The summed E-state index contributed by atoms with van der Waals surface area (Å²) in [6.45, 7) is 0. The molecule has 0 bridgehead atoms. The van der Waals surface area contributed by atoms with Gasteiger partial charge in [0.1, 0.15) is 0 Å². The first-order valence-electron chi connectivity index (χ1n) is 4.63. The van der Waals surface area contributed by atoms with Crippen LogP contribution in [-0.2, 0) is 0 Å². The van der Waals surface area contributed by atoms with Gasteiger partial charge in [-0.05, 0) is 24.1 Å². The van der Waals surface area contributed by atoms with Gasteiger partial charge in [-0.15, -0.1) is 11.8 Å². The summed E-state index contributed by atoms with van der Waals surface area (Å²) in [5.41, 5.74) is 2.63. The molecule has 0 aliphatic carbocycles. The SMILES string of the molecule is C1=C2SCCC2Nc2ccccc21. The third kappa shape index (κ3) is 1.17. The highest BCUT2D eigenvalue weighted by molar-refractivity contribution is 8.03. The van der Waals surface area contributed by atoms with Crippen molar-refractivity contribution < 1.29 is 0 Å². The molecule has 1 N–H and O–H groups in total. The average molecular weight is 189 g/mol. The summed E-state index contributed by atoms with van der Waals surface area (Å²) in [6.07, 6.45) is 3.60. The number of hydrogen-bond donors (Lipinski definition) is 1. The zero-order valence-electron chi connectivity index (χ0n) is 7.29. The van der Waals surface area contributed by atoms with Gasteiger partial charge in [0, 0.05) is 16.3 Å². The van der Waals surface area contributed by atoms with Gasteiger partial charge in [0.15, 0.2) is 0 Å². The van der Waals surface area contributed by atoms with Crippen molar-refractivity contribution in [3.63, 3.8) is 0 Å². The molecule has 0 spiro atoms. The van der Waals surface area contributed by atoms with Crippen molar-refractivity contribution in [3.05, 3.63) is 34.7 Å². The van der Waals surface area contributed by atoms with E-state index < -0.39 is 0 Å². The van der Waals surface area contributed by atoms with E-state index in [1.54, 1.807) is 0 Å². The first-order valence-corrected chi connectivity index (χ1v) is 5.62. The Balaban J connectivity index is 2.10. The summed E-state index contributed by atoms with van der Waals surface area (Å²) in [4.78, 5) is 1.51. The lowest BCUT2D eigenvalue weighted by Gasteiger charge is -2.22. The highest BCUT2D eigenvalue weighted by Crippen LogP contribution is 2.39. The average Bonchev–Trinajstić information content (AvgIpc) is 2.61. The van der Waals surface area contributed by atoms with E-state index in [4.69, 9.17) is 0 Å². The molecule has 0 radical (unpaired) electrons. The first kappa shape index (κ1) is 7.51. The molecule has 3 rings (SSSR count). The summed E-state index contributed by atoms with van der Waals surface area (Å²) in [5.74, 6) is 1.26. The lowest BCUT2D eigenvalue weighted by molar-refractivity contribution is 0.855. The smallest absolute Gasteiger partial charge is 0.0581 e. The molecule has 1 unspecified atom stereocenters. The molecule has 1 aromatic carbocycles. The van der Waals surface area contributed by atoms with E-state index in [0.717, 1.165) is 0 Å². The van der Waals surface area contributed by atoms with E-state index in [-0.39, 0.29) is 0 Å². The molecule has 1 saturated heterocycles. The number of thioether (sulfide) groups is 1. The molecular formula is C11H11NS. The number of nitrogens with one attached hydrogen (secondary N) is 1. The minimum absolute atomic E-state index is 0.597. The van der Waals surface area contributed by atoms with Crippen molar-refractivity contribution in [1.29, 1.82) is 0 Å². The number of fused-ring (bicyclic) bond motifs is 2. The van der Waals surface area contributed by atoms with E-state index in [1.165, 1.54) is 28.3 Å². The van der Waals surface area contributed by atoms with Crippen molar-refractivity contribution in [2.24, 2.45) is 0 Å². The molecule has 2 aliphatic rings. The predicted octanol–water partition coefficient (Wildman–Crippen LogP) is 2.96. The Morgan fingerprint density at radius 3 is 3.23 bits per heavy atom. The summed E-state index contributed by atoms with van der Waals surface area (Å²) >= 11 is 1.99. The molecule has 1 aromatic rings. The topological polar surface area (TPSA) is 12.0 Å². The molecular weight excluding hydrogens is 178 g/mol. The van der Waals surface area contributed by atoms with Crippen molar-refractivity contribution in [3.8, 4) is 0 Å². The second-order valence-electron chi connectivity index (χ2n) is 3.47. The third-order valence-electron chi connectivity index (χ3n) is 2.61. The maximum Gasteiger partial charge on any atom is 0.0581 e. The lowest BCUT2D eigenvalue weighted by atomic mass is 10.0. The summed E-state index contributed by atoms with van der Waals surface area (Å²) in [7, 11) is 0. The van der Waals surface area contributed by atoms with Crippen LogP contribution in [0, 0.1) is 0 Å². The van der Waals surface area contributed by atoms with Gasteiger partial charge in [-0.3, -0.25) is 0 Å². The maximum absolute atomic E-state index is 3.57. The highest BCUT2D eigenvalue weighted by Gasteiger charge is 2.25. The van der Waals surface area contributed by atoms with Crippen LogP contribution >= 0.6 is 11.8 Å². The van der Waals surface area contributed by atoms with Crippen LogP contribution in [0.25, 0.3) is 6.08 Å². The van der Waals surface area contributed by atoms with Crippen molar-refractivity contribution in [1.82, 2.24) is 0 Å². The molecule has 0 amide bonds. The Morgan fingerprint density at radius 2 is 2.23 bits per heavy atom. The van der Waals surface area contributed by atoms with Gasteiger partial charge in [-0.1, -0.05) is 18.2 Å². The largest absolute Gasteiger partial charge is 0.377 e. The summed E-state index contributed by atoms with van der Waals surface area (Å²) < 4.78 is 0. The number of para-hydroxylation sites is 1. The minimum Gasteiger partial charge on any atom is -0.377 e. The Bertz CT molecular complexity index is 370. The van der Waals surface area contributed by atoms with E-state index in [9.17, 15) is 0 Å². The van der Waals surface area contributed by atoms with Crippen molar-refractivity contribution in [2.45, 2.75) is 12.5 Å². The van der Waals surface area contributed by atoms with Crippen LogP contribution in [0.3, 0.4) is 0 Å². The van der Waals surface area contributed by atoms with E-state index in [0.29, 0.717) is 6.04 Å². The molecule has 2 heteroatoms. The van der Waals surface area contributed by atoms with Gasteiger partial charge < -0.3 is 5.32 Å². The lowest BCUT2D eigenvalue weighted by Crippen LogP contribution is -2.20. The highest BCUT2D eigenvalue weighted by atomic mass is 32.2. The molecule has 1 fully saturated rings. The van der Waals surface area contributed by atoms with Gasteiger partial charge in [0.25, 0.3) is 0 Å². The van der Waals surface area contributed by atoms with Gasteiger partial charge >= 0.3 is 0 Å². The Kier molecular flexibility index (Phi) is 1.62. The second kappa shape index (κ2) is 2.81. The molecule has 1 atom stereocenters. The molecule has 2 heterocycles. The number of anilines is 1. The zero-order valence-corrected chi connectivity index (χ0v) is 8.10. The molecule has 1 nitrogen and oxygen atoms in total. The zero-order chi connectivity index (χ0) is 8.67. The normalized spacial score (nSPS) is 24.3. The summed E-state index contributed by atoms with van der Waals surface area (Å²) in [5, 5.41) is 3.57. The van der Waals surface area contributed by atoms with Gasteiger partial charge in [0.05, 0.1) is 6.04 Å². The maximum atomic E-state index is 3.57. The molecule has 2 aliphatic heterocycles. The van der Waals surface area contributed by atoms with E-state index in [1.807, 2.05) is 11.8 Å². The van der Waals surface area contributed by atoms with Crippen LogP contribution in [0.4, 0.5) is 5.69 Å². The standard InChI is InChI=1S/C11H11NS/c1-2-4-9-8(3-1)7-11-10(12-9)5-6-13-11/h1-4,7,10,12H,5-6H2. The van der Waals surface area contributed by atoms with Crippen LogP contribution in [0.15, 0.2) is 29.2 Å². The number of rotatable bonds is 0. The van der Waals surface area contributed by atoms with E-state index >= 15 is 0 Å². The second-order valence-corrected chi connectivity index (χ2v) is 4.64. The predicted molar refractivity (Wildman–Crippen MR) is 58.9 cm³/mol. The van der Waals surface area contributed by atoms with Crippen molar-refractivity contribution in [2.75, 3.05) is 11.1 Å². The molecule has 66 valence electrons. The Hall–Kier alpha value is -0.890. The van der Waals surface area contributed by atoms with Crippen LogP contribution in [0.5, 0.6) is 0 Å². The van der Waals surface area contributed by atoms with Gasteiger partial charge in [-0.25, -0.2) is 0 Å². The summed E-state index contributed by atoms with van der Waals surface area (Å²) in [6, 6.07) is 9.11. The van der Waals surface area contributed by atoms with Gasteiger partial charge in [-0.2, -0.15) is 0 Å². The third-order valence-corrected chi connectivity index (χ3v) is 3.78. The first-order chi connectivity index (χ1) is 6.43. The van der Waals surface area contributed by atoms with Gasteiger partial charge in [0.2, 0.25) is 0 Å². The monoisotopic (exact) mass is 189 g/mol. The Morgan fingerprint density at radius 1 is 1.31 bits per heavy atom. The quantitative estimate of drug-likeness (QED) is 0.673. The fourth-order valence-corrected chi connectivity index (χ4v) is 3.10. The van der Waals surface area contributed by atoms with Crippen molar-refractivity contribution >= 4 is 23.5 Å². The van der Waals surface area contributed by atoms with Crippen LogP contribution in [0.1, 0.15) is 12.0 Å². The van der Waals surface area contributed by atoms with Crippen LogP contribution in [0.2, 0.25) is 0 Å². The van der Waals surface area contributed by atoms with Crippen LogP contribution < -0.4 is 5.32 Å². The van der Waals surface area contributed by atoms with Crippen LogP contribution in [-0.4, -0.2) is 11.8 Å². The fourth-order valence-electron chi connectivity index (χ4n) is 1.92. The fraction of sp³-hybridized carbons (Fsp3) is 0.273. The molecule has 0 aromatic heterocycles. The minimum atomic E-state index is 0.597. The number of hydrogen-bond acceptors (Lipinski definition) is 2. The Labute approximate surface area is 82.2 Å². The molecule has 0 saturated carbocycles. The molecule has 13 heavy (non-hydrogen) atoms.